The van der Waals surface area contributed by atoms with Crippen LogP contribution in [0.5, 0.6) is 5.75 Å². The Bertz CT molecular complexity index is 1000. The van der Waals surface area contributed by atoms with Crippen molar-refractivity contribution in [2.24, 2.45) is 0 Å². The normalized spacial score (nSPS) is 13.1. The number of hydrogen-bond donors (Lipinski definition) is 0. The molecular weight excluding hydrogens is 484 g/mol. The highest BCUT2D eigenvalue weighted by Crippen LogP contribution is 2.36. The van der Waals surface area contributed by atoms with Crippen LogP contribution in [0.25, 0.3) is 0 Å². The second-order valence-electron chi connectivity index (χ2n) is 11.8. The maximum atomic E-state index is 12.7. The highest BCUT2D eigenvalue weighted by molar-refractivity contribution is 6.74. The van der Waals surface area contributed by atoms with E-state index in [-0.39, 0.29) is 23.1 Å². The van der Waals surface area contributed by atoms with E-state index >= 15 is 0 Å². The van der Waals surface area contributed by atoms with Crippen LogP contribution in [0.3, 0.4) is 0 Å². The number of benzene rings is 2. The van der Waals surface area contributed by atoms with Crippen molar-refractivity contribution in [3.05, 3.63) is 65.7 Å². The first-order chi connectivity index (χ1) is 17.2. The number of carbonyl (C=O) groups excluding carboxylic acids is 2. The van der Waals surface area contributed by atoms with Gasteiger partial charge in [-0.1, -0.05) is 45.0 Å². The van der Waals surface area contributed by atoms with Gasteiger partial charge in [-0.25, -0.2) is 9.59 Å². The maximum absolute atomic E-state index is 12.7. The van der Waals surface area contributed by atoms with Crippen LogP contribution in [0, 0.1) is 0 Å². The lowest BCUT2D eigenvalue weighted by Crippen LogP contribution is -2.41. The molecule has 0 spiro atoms. The van der Waals surface area contributed by atoms with E-state index in [2.05, 4.69) is 33.9 Å². The molecule has 0 bridgehead atoms. The van der Waals surface area contributed by atoms with Crippen LogP contribution in [0.2, 0.25) is 18.1 Å². The van der Waals surface area contributed by atoms with Gasteiger partial charge in [0.15, 0.2) is 8.32 Å². The summed E-state index contributed by atoms with van der Waals surface area (Å²) in [7, 11) is -1.89. The summed E-state index contributed by atoms with van der Waals surface area (Å²) in [5.41, 5.74) is 0.423. The van der Waals surface area contributed by atoms with E-state index in [1.165, 1.54) is 0 Å². The molecule has 6 nitrogen and oxygen atoms in total. The molecular formula is C30H44O6Si. The lowest BCUT2D eigenvalue weighted by atomic mass is 10.1. The summed E-state index contributed by atoms with van der Waals surface area (Å²) >= 11 is 0. The van der Waals surface area contributed by atoms with Gasteiger partial charge in [0, 0.05) is 13.0 Å². The van der Waals surface area contributed by atoms with Gasteiger partial charge < -0.3 is 18.6 Å². The minimum absolute atomic E-state index is 0.116. The molecule has 0 radical (unpaired) electrons. The molecule has 204 valence electrons. The van der Waals surface area contributed by atoms with Gasteiger partial charge in [-0.2, -0.15) is 0 Å². The zero-order valence-corrected chi connectivity index (χ0v) is 24.8. The molecule has 0 amide bonds. The van der Waals surface area contributed by atoms with Crippen LogP contribution in [0.4, 0.5) is 0 Å². The van der Waals surface area contributed by atoms with E-state index in [0.29, 0.717) is 49.4 Å². The molecule has 0 N–H and O–H groups in total. The molecule has 0 aliphatic carbocycles. The summed E-state index contributed by atoms with van der Waals surface area (Å²) in [5, 5.41) is 0.116. The molecule has 37 heavy (non-hydrogen) atoms. The first-order valence-electron chi connectivity index (χ1n) is 13.0. The van der Waals surface area contributed by atoms with Crippen molar-refractivity contribution in [3.8, 4) is 5.75 Å². The van der Waals surface area contributed by atoms with Crippen molar-refractivity contribution in [3.63, 3.8) is 0 Å². The fourth-order valence-corrected chi connectivity index (χ4v) is 4.33. The van der Waals surface area contributed by atoms with Gasteiger partial charge in [0.25, 0.3) is 0 Å². The van der Waals surface area contributed by atoms with Gasteiger partial charge in [0.2, 0.25) is 0 Å². The van der Waals surface area contributed by atoms with Gasteiger partial charge in [-0.05, 0) is 82.1 Å². The number of esters is 2. The molecule has 1 unspecified atom stereocenters. The number of hydrogen-bond acceptors (Lipinski definition) is 6. The SMILES string of the molecule is CC(C)(C)OC(=O)c1cccc(OCCCC(CCO[Si](C)(C)C(C)(C)C)OC(=O)c2ccccc2)c1. The van der Waals surface area contributed by atoms with Gasteiger partial charge in [-0.15, -0.1) is 0 Å². The van der Waals surface area contributed by atoms with Crippen molar-refractivity contribution in [2.45, 2.75) is 90.6 Å². The van der Waals surface area contributed by atoms with Gasteiger partial charge >= 0.3 is 11.9 Å². The predicted octanol–water partition coefficient (Wildman–Crippen LogP) is 7.44. The number of ether oxygens (including phenoxy) is 3. The average molecular weight is 529 g/mol. The smallest absolute Gasteiger partial charge is 0.338 e. The Balaban J connectivity index is 1.94. The lowest BCUT2D eigenvalue weighted by molar-refractivity contribution is 0.00685. The Kier molecular flexibility index (Phi) is 10.9. The Morgan fingerprint density at radius 1 is 0.811 bits per heavy atom. The van der Waals surface area contributed by atoms with Gasteiger partial charge in [0.05, 0.1) is 17.7 Å². The third kappa shape index (κ3) is 10.7. The van der Waals surface area contributed by atoms with E-state index in [1.807, 2.05) is 45.0 Å². The quantitative estimate of drug-likeness (QED) is 0.162. The third-order valence-corrected chi connectivity index (χ3v) is 10.9. The minimum Gasteiger partial charge on any atom is -0.494 e. The van der Waals surface area contributed by atoms with Crippen LogP contribution >= 0.6 is 0 Å². The molecule has 0 saturated carbocycles. The topological polar surface area (TPSA) is 71.1 Å². The Hall–Kier alpha value is -2.64. The van der Waals surface area contributed by atoms with Crippen LogP contribution in [0.1, 0.15) is 81.5 Å². The van der Waals surface area contributed by atoms with Gasteiger partial charge in [-0.3, -0.25) is 0 Å². The lowest BCUT2D eigenvalue weighted by Gasteiger charge is -2.36. The second-order valence-corrected chi connectivity index (χ2v) is 16.6. The summed E-state index contributed by atoms with van der Waals surface area (Å²) in [6.07, 6.45) is 1.67. The fraction of sp³-hybridized carbons (Fsp3) is 0.533. The average Bonchev–Trinajstić information content (AvgIpc) is 2.80. The summed E-state index contributed by atoms with van der Waals surface area (Å²) in [6.45, 7) is 17.6. The Morgan fingerprint density at radius 3 is 2.08 bits per heavy atom. The molecule has 1 atom stereocenters. The molecule has 2 aromatic rings. The third-order valence-electron chi connectivity index (χ3n) is 6.40. The molecule has 0 heterocycles. The monoisotopic (exact) mass is 528 g/mol. The van der Waals surface area contributed by atoms with E-state index in [1.54, 1.807) is 30.3 Å². The predicted molar refractivity (Wildman–Crippen MR) is 150 cm³/mol. The van der Waals surface area contributed by atoms with E-state index in [4.69, 9.17) is 18.6 Å². The van der Waals surface area contributed by atoms with Crippen LogP contribution in [0.15, 0.2) is 54.6 Å². The van der Waals surface area contributed by atoms with Crippen molar-refractivity contribution >= 4 is 20.3 Å². The fourth-order valence-electron chi connectivity index (χ4n) is 3.27. The van der Waals surface area contributed by atoms with Crippen molar-refractivity contribution in [1.29, 1.82) is 0 Å². The van der Waals surface area contributed by atoms with Gasteiger partial charge in [0.1, 0.15) is 17.5 Å². The molecule has 0 fully saturated rings. The molecule has 0 aliphatic heterocycles. The highest BCUT2D eigenvalue weighted by atomic mass is 28.4. The zero-order chi connectivity index (χ0) is 27.7. The second kappa shape index (κ2) is 13.2. The van der Waals surface area contributed by atoms with E-state index in [9.17, 15) is 9.59 Å². The summed E-state index contributed by atoms with van der Waals surface area (Å²) < 4.78 is 23.5. The molecule has 0 saturated heterocycles. The van der Waals surface area contributed by atoms with Crippen LogP contribution in [-0.2, 0) is 13.9 Å². The van der Waals surface area contributed by atoms with Crippen LogP contribution in [-0.4, -0.2) is 45.2 Å². The van der Waals surface area contributed by atoms with Crippen molar-refractivity contribution in [1.82, 2.24) is 0 Å². The van der Waals surface area contributed by atoms with E-state index < -0.39 is 13.9 Å². The maximum Gasteiger partial charge on any atom is 0.338 e. The Labute approximate surface area is 223 Å². The molecule has 2 aromatic carbocycles. The summed E-state index contributed by atoms with van der Waals surface area (Å²) in [5.74, 6) is -0.112. The van der Waals surface area contributed by atoms with E-state index in [0.717, 1.165) is 0 Å². The van der Waals surface area contributed by atoms with Crippen LogP contribution < -0.4 is 4.74 Å². The minimum atomic E-state index is -1.89. The first kappa shape index (κ1) is 30.6. The zero-order valence-electron chi connectivity index (χ0n) is 23.8. The number of rotatable bonds is 12. The largest absolute Gasteiger partial charge is 0.494 e. The Morgan fingerprint density at radius 2 is 1.46 bits per heavy atom. The molecule has 0 aliphatic rings. The van der Waals surface area contributed by atoms with Crippen molar-refractivity contribution < 1.29 is 28.2 Å². The molecule has 0 aromatic heterocycles. The highest BCUT2D eigenvalue weighted by Gasteiger charge is 2.37. The van der Waals surface area contributed by atoms with Crippen molar-refractivity contribution in [2.75, 3.05) is 13.2 Å². The number of carbonyl (C=O) groups is 2. The standard InChI is InChI=1S/C30H44O6Si/c1-29(2,3)36-28(32)24-16-12-17-26(22-24)33-20-13-18-25(19-21-34-37(7,8)30(4,5)6)35-27(31)23-14-10-9-11-15-23/h9-12,14-17,22,25H,13,18-21H2,1-8H3. The molecule has 7 heteroatoms. The molecule has 2 rings (SSSR count). The summed E-state index contributed by atoms with van der Waals surface area (Å²) in [4.78, 5) is 25.0. The first-order valence-corrected chi connectivity index (χ1v) is 15.9. The summed E-state index contributed by atoms with van der Waals surface area (Å²) in [6, 6.07) is 16.0.